The van der Waals surface area contributed by atoms with Gasteiger partial charge in [-0.1, -0.05) is 78.0 Å². The van der Waals surface area contributed by atoms with E-state index in [1.165, 1.54) is 23.1 Å². The van der Waals surface area contributed by atoms with Crippen LogP contribution in [0, 0.1) is 0 Å². The SMILES string of the molecule is C=CCn1c(SCC(=O)NCc2ccccc2Cl)nc2scc(-c3ccccc3)c2c1=O. The van der Waals surface area contributed by atoms with Gasteiger partial charge >= 0.3 is 0 Å². The number of nitrogens with one attached hydrogen (secondary N) is 1. The number of nitrogens with zero attached hydrogens (tertiary/aromatic N) is 2. The average molecular weight is 482 g/mol. The summed E-state index contributed by atoms with van der Waals surface area (Å²) in [5, 5.41) is 6.52. The molecule has 4 aromatic rings. The number of thioether (sulfide) groups is 1. The van der Waals surface area contributed by atoms with E-state index in [1.54, 1.807) is 16.7 Å². The lowest BCUT2D eigenvalue weighted by Gasteiger charge is -2.11. The van der Waals surface area contributed by atoms with Crippen molar-refractivity contribution in [2.75, 3.05) is 5.75 Å². The third kappa shape index (κ3) is 4.80. The highest BCUT2D eigenvalue weighted by Gasteiger charge is 2.17. The molecule has 0 atom stereocenters. The Morgan fingerprint density at radius 2 is 1.94 bits per heavy atom. The zero-order valence-electron chi connectivity index (χ0n) is 17.1. The van der Waals surface area contributed by atoms with E-state index in [9.17, 15) is 9.59 Å². The quantitative estimate of drug-likeness (QED) is 0.209. The Balaban J connectivity index is 1.56. The molecule has 0 fully saturated rings. The summed E-state index contributed by atoms with van der Waals surface area (Å²) in [5.41, 5.74) is 2.56. The molecule has 0 spiro atoms. The van der Waals surface area contributed by atoms with Crippen LogP contribution in [0.15, 0.2) is 82.6 Å². The van der Waals surface area contributed by atoms with E-state index >= 15 is 0 Å². The summed E-state index contributed by atoms with van der Waals surface area (Å²) < 4.78 is 1.57. The van der Waals surface area contributed by atoms with Gasteiger partial charge in [-0.05, 0) is 17.2 Å². The number of aromatic nitrogens is 2. The van der Waals surface area contributed by atoms with Crippen LogP contribution in [0.3, 0.4) is 0 Å². The van der Waals surface area contributed by atoms with Crippen LogP contribution < -0.4 is 10.9 Å². The average Bonchev–Trinajstić information content (AvgIpc) is 3.24. The molecular weight excluding hydrogens is 462 g/mol. The predicted molar refractivity (Wildman–Crippen MR) is 134 cm³/mol. The molecule has 4 rings (SSSR count). The van der Waals surface area contributed by atoms with Gasteiger partial charge in [0.2, 0.25) is 5.91 Å². The number of hydrogen-bond acceptors (Lipinski definition) is 5. The minimum absolute atomic E-state index is 0.131. The van der Waals surface area contributed by atoms with Crippen LogP contribution in [0.1, 0.15) is 5.56 Å². The van der Waals surface area contributed by atoms with E-state index in [2.05, 4.69) is 11.9 Å². The first-order valence-electron chi connectivity index (χ1n) is 9.89. The van der Waals surface area contributed by atoms with Gasteiger partial charge in [-0.15, -0.1) is 17.9 Å². The monoisotopic (exact) mass is 481 g/mol. The first-order valence-corrected chi connectivity index (χ1v) is 12.1. The summed E-state index contributed by atoms with van der Waals surface area (Å²) in [4.78, 5) is 31.1. The largest absolute Gasteiger partial charge is 0.351 e. The number of fused-ring (bicyclic) bond motifs is 1. The van der Waals surface area contributed by atoms with Crippen molar-refractivity contribution < 1.29 is 4.79 Å². The van der Waals surface area contributed by atoms with Gasteiger partial charge in [-0.3, -0.25) is 14.2 Å². The summed E-state index contributed by atoms with van der Waals surface area (Å²) in [7, 11) is 0. The highest BCUT2D eigenvalue weighted by atomic mass is 35.5. The number of carbonyl (C=O) groups excluding carboxylic acids is 1. The first-order chi connectivity index (χ1) is 15.6. The van der Waals surface area contributed by atoms with Crippen molar-refractivity contribution in [1.82, 2.24) is 14.9 Å². The maximum absolute atomic E-state index is 13.3. The van der Waals surface area contributed by atoms with Crippen LogP contribution in [0.5, 0.6) is 0 Å². The number of thiophene rings is 1. The first kappa shape index (κ1) is 22.3. The Bertz CT molecular complexity index is 1330. The second kappa shape index (κ2) is 10.2. The van der Waals surface area contributed by atoms with E-state index in [-0.39, 0.29) is 17.2 Å². The molecule has 0 aliphatic carbocycles. The van der Waals surface area contributed by atoms with E-state index in [1.807, 2.05) is 53.9 Å². The maximum atomic E-state index is 13.3. The van der Waals surface area contributed by atoms with Gasteiger partial charge in [-0.25, -0.2) is 4.98 Å². The van der Waals surface area contributed by atoms with Crippen LogP contribution in [0.2, 0.25) is 5.02 Å². The van der Waals surface area contributed by atoms with Gasteiger partial charge in [0.25, 0.3) is 5.56 Å². The van der Waals surface area contributed by atoms with E-state index in [4.69, 9.17) is 16.6 Å². The molecule has 2 aromatic carbocycles. The van der Waals surface area contributed by atoms with Crippen molar-refractivity contribution in [3.05, 3.63) is 93.6 Å². The van der Waals surface area contributed by atoms with Crippen molar-refractivity contribution in [3.8, 4) is 11.1 Å². The molecule has 2 aromatic heterocycles. The number of carbonyl (C=O) groups is 1. The molecule has 0 unspecified atom stereocenters. The van der Waals surface area contributed by atoms with Crippen LogP contribution in [0.4, 0.5) is 0 Å². The molecule has 162 valence electrons. The molecule has 1 amide bonds. The minimum atomic E-state index is -0.162. The number of allylic oxidation sites excluding steroid dienone is 1. The zero-order chi connectivity index (χ0) is 22.5. The minimum Gasteiger partial charge on any atom is -0.351 e. The zero-order valence-corrected chi connectivity index (χ0v) is 19.5. The summed E-state index contributed by atoms with van der Waals surface area (Å²) in [6.07, 6.45) is 1.66. The van der Waals surface area contributed by atoms with Crippen LogP contribution in [-0.4, -0.2) is 21.2 Å². The summed E-state index contributed by atoms with van der Waals surface area (Å²) in [5.74, 6) is -0.0261. The Hall–Kier alpha value is -2.87. The topological polar surface area (TPSA) is 64.0 Å². The van der Waals surface area contributed by atoms with Crippen LogP contribution in [0.25, 0.3) is 21.3 Å². The van der Waals surface area contributed by atoms with Gasteiger partial charge in [-0.2, -0.15) is 0 Å². The summed E-state index contributed by atoms with van der Waals surface area (Å²) in [6.45, 7) is 4.43. The van der Waals surface area contributed by atoms with Gasteiger partial charge in [0.1, 0.15) is 4.83 Å². The van der Waals surface area contributed by atoms with Crippen molar-refractivity contribution in [2.45, 2.75) is 18.2 Å². The van der Waals surface area contributed by atoms with Crippen molar-refractivity contribution in [1.29, 1.82) is 0 Å². The van der Waals surface area contributed by atoms with Gasteiger partial charge in [0.05, 0.1) is 11.1 Å². The third-order valence-electron chi connectivity index (χ3n) is 4.82. The standard InChI is InChI=1S/C24H20ClN3O2S2/c1-2-12-28-23(30)21-18(16-8-4-3-5-9-16)14-31-22(21)27-24(28)32-15-20(29)26-13-17-10-6-7-11-19(17)25/h2-11,14H,1,12-13,15H2,(H,26,29). The predicted octanol–water partition coefficient (Wildman–Crippen LogP) is 5.37. The normalized spacial score (nSPS) is 10.9. The highest BCUT2D eigenvalue weighted by molar-refractivity contribution is 7.99. The second-order valence-corrected chi connectivity index (χ2v) is 9.16. The maximum Gasteiger partial charge on any atom is 0.263 e. The number of benzene rings is 2. The van der Waals surface area contributed by atoms with E-state index in [0.29, 0.717) is 33.5 Å². The Kier molecular flexibility index (Phi) is 7.09. The molecule has 0 saturated heterocycles. The number of amides is 1. The fraction of sp³-hybridized carbons (Fsp3) is 0.125. The number of hydrogen-bond donors (Lipinski definition) is 1. The molecule has 2 heterocycles. The second-order valence-electron chi connectivity index (χ2n) is 6.95. The fourth-order valence-electron chi connectivity index (χ4n) is 3.25. The Morgan fingerprint density at radius 3 is 2.69 bits per heavy atom. The molecule has 0 bridgehead atoms. The molecule has 1 N–H and O–H groups in total. The molecule has 0 radical (unpaired) electrons. The Morgan fingerprint density at radius 1 is 1.19 bits per heavy atom. The molecule has 5 nitrogen and oxygen atoms in total. The Labute approximate surface area is 198 Å². The molecule has 0 aliphatic heterocycles. The van der Waals surface area contributed by atoms with Gasteiger partial charge in [0, 0.05) is 29.1 Å². The molecular formula is C24H20ClN3O2S2. The number of rotatable bonds is 8. The van der Waals surface area contributed by atoms with Gasteiger partial charge in [0.15, 0.2) is 5.16 Å². The third-order valence-corrected chi connectivity index (χ3v) is 7.04. The lowest BCUT2D eigenvalue weighted by atomic mass is 10.1. The highest BCUT2D eigenvalue weighted by Crippen LogP contribution is 2.32. The number of halogens is 1. The van der Waals surface area contributed by atoms with Crippen LogP contribution in [-0.2, 0) is 17.9 Å². The molecule has 0 saturated carbocycles. The fourth-order valence-corrected chi connectivity index (χ4v) is 5.28. The van der Waals surface area contributed by atoms with E-state index < -0.39 is 0 Å². The molecule has 32 heavy (non-hydrogen) atoms. The molecule has 0 aliphatic rings. The molecule has 8 heteroatoms. The smallest absolute Gasteiger partial charge is 0.263 e. The van der Waals surface area contributed by atoms with Crippen LogP contribution >= 0.6 is 34.7 Å². The van der Waals surface area contributed by atoms with E-state index in [0.717, 1.165) is 16.7 Å². The van der Waals surface area contributed by atoms with Gasteiger partial charge < -0.3 is 5.32 Å². The lowest BCUT2D eigenvalue weighted by molar-refractivity contribution is -0.118. The van der Waals surface area contributed by atoms with Crippen molar-refractivity contribution >= 4 is 50.8 Å². The van der Waals surface area contributed by atoms with Crippen molar-refractivity contribution in [3.63, 3.8) is 0 Å². The summed E-state index contributed by atoms with van der Waals surface area (Å²) in [6, 6.07) is 17.2. The van der Waals surface area contributed by atoms with Crippen molar-refractivity contribution in [2.24, 2.45) is 0 Å². The summed E-state index contributed by atoms with van der Waals surface area (Å²) >= 11 is 8.81. The lowest BCUT2D eigenvalue weighted by Crippen LogP contribution is -2.26.